The van der Waals surface area contributed by atoms with Gasteiger partial charge in [0.2, 0.25) is 0 Å². The lowest BCUT2D eigenvalue weighted by Gasteiger charge is -2.50. The van der Waals surface area contributed by atoms with Crippen molar-refractivity contribution in [2.75, 3.05) is 14.2 Å². The van der Waals surface area contributed by atoms with Gasteiger partial charge in [-0.1, -0.05) is 39.8 Å². The average Bonchev–Trinajstić information content (AvgIpc) is 2.62. The summed E-state index contributed by atoms with van der Waals surface area (Å²) in [5.41, 5.74) is 1.51. The maximum atomic E-state index is 12.3. The monoisotopic (exact) mass is 346 g/mol. The molecule has 5 unspecified atom stereocenters. The van der Waals surface area contributed by atoms with E-state index in [2.05, 4.69) is 26.0 Å². The van der Waals surface area contributed by atoms with Crippen LogP contribution in [0.4, 0.5) is 0 Å². The van der Waals surface area contributed by atoms with Crippen molar-refractivity contribution in [1.82, 2.24) is 0 Å². The number of esters is 1. The van der Waals surface area contributed by atoms with Crippen LogP contribution in [0.2, 0.25) is 0 Å². The van der Waals surface area contributed by atoms with Crippen molar-refractivity contribution >= 4 is 5.97 Å². The Labute approximate surface area is 153 Å². The van der Waals surface area contributed by atoms with Gasteiger partial charge in [0.05, 0.1) is 20.1 Å². The second kappa shape index (κ2) is 8.25. The Bertz CT molecular complexity index is 563. The van der Waals surface area contributed by atoms with Gasteiger partial charge in [0.15, 0.2) is 0 Å². The second-order valence-corrected chi connectivity index (χ2v) is 7.82. The van der Waals surface area contributed by atoms with Crippen LogP contribution in [0.5, 0.6) is 5.75 Å². The molecule has 140 valence electrons. The third-order valence-electron chi connectivity index (χ3n) is 6.17. The predicted octanol–water partition coefficient (Wildman–Crippen LogP) is 5.22. The third-order valence-corrected chi connectivity index (χ3v) is 6.17. The molecule has 0 N–H and O–H groups in total. The maximum absolute atomic E-state index is 12.3. The lowest BCUT2D eigenvalue weighted by Crippen LogP contribution is -2.46. The van der Waals surface area contributed by atoms with Gasteiger partial charge in [0, 0.05) is 0 Å². The molecule has 0 amide bonds. The Balaban J connectivity index is 0.00000109. The number of fused-ring (bicyclic) bond motifs is 2. The highest BCUT2D eigenvalue weighted by molar-refractivity contribution is 5.73. The Kier molecular flexibility index (Phi) is 6.53. The van der Waals surface area contributed by atoms with Gasteiger partial charge in [0.25, 0.3) is 0 Å². The summed E-state index contributed by atoms with van der Waals surface area (Å²) in [7, 11) is 3.22. The average molecular weight is 347 g/mol. The van der Waals surface area contributed by atoms with E-state index >= 15 is 0 Å². The fourth-order valence-corrected chi connectivity index (χ4v) is 5.27. The molecule has 3 heteroatoms. The van der Waals surface area contributed by atoms with Crippen LogP contribution in [0.1, 0.15) is 58.9 Å². The molecule has 2 fully saturated rings. The van der Waals surface area contributed by atoms with E-state index in [0.29, 0.717) is 11.8 Å². The normalized spacial score (nSPS) is 33.7. The fourth-order valence-electron chi connectivity index (χ4n) is 5.27. The van der Waals surface area contributed by atoms with Crippen LogP contribution >= 0.6 is 0 Å². The van der Waals surface area contributed by atoms with Crippen LogP contribution in [0, 0.1) is 23.7 Å². The molecule has 0 saturated heterocycles. The van der Waals surface area contributed by atoms with E-state index in [1.54, 1.807) is 7.11 Å². The molecule has 0 spiro atoms. The first-order valence-corrected chi connectivity index (χ1v) is 9.69. The molecule has 3 rings (SSSR count). The number of benzene rings is 1. The Morgan fingerprint density at radius 2 is 1.72 bits per heavy atom. The predicted molar refractivity (Wildman–Crippen MR) is 102 cm³/mol. The molecule has 3 nitrogen and oxygen atoms in total. The van der Waals surface area contributed by atoms with Crippen molar-refractivity contribution in [2.45, 2.75) is 58.8 Å². The number of hydrogen-bond donors (Lipinski definition) is 0. The number of carbonyl (C=O) groups excluding carboxylic acids is 1. The molecule has 2 bridgehead atoms. The Morgan fingerprint density at radius 3 is 2.28 bits per heavy atom. The van der Waals surface area contributed by atoms with Crippen LogP contribution in [0.25, 0.3) is 0 Å². The van der Waals surface area contributed by atoms with Gasteiger partial charge >= 0.3 is 5.97 Å². The van der Waals surface area contributed by atoms with Crippen LogP contribution in [0.3, 0.4) is 0 Å². The van der Waals surface area contributed by atoms with Crippen LogP contribution in [-0.2, 0) is 14.9 Å². The largest absolute Gasteiger partial charge is 0.497 e. The molecular weight excluding hydrogens is 312 g/mol. The minimum absolute atomic E-state index is 0.0140. The summed E-state index contributed by atoms with van der Waals surface area (Å²) in [4.78, 5) is 12.3. The van der Waals surface area contributed by atoms with Crippen LogP contribution in [-0.4, -0.2) is 20.2 Å². The molecule has 0 heterocycles. The molecule has 2 saturated carbocycles. The SMILES string of the molecule is CC.COC(=O)C1C(C)CC2CC1CC(C)(c1ccc(OC)cc1)C2. The van der Waals surface area contributed by atoms with E-state index in [9.17, 15) is 4.79 Å². The molecule has 5 atom stereocenters. The highest BCUT2D eigenvalue weighted by atomic mass is 16.5. The minimum atomic E-state index is -0.0140. The first-order chi connectivity index (χ1) is 12.0. The zero-order valence-electron chi connectivity index (χ0n) is 16.7. The number of ether oxygens (including phenoxy) is 2. The van der Waals surface area contributed by atoms with Crippen molar-refractivity contribution < 1.29 is 14.3 Å². The lowest BCUT2D eigenvalue weighted by atomic mass is 9.54. The van der Waals surface area contributed by atoms with Crippen LogP contribution in [0.15, 0.2) is 24.3 Å². The van der Waals surface area contributed by atoms with Crippen LogP contribution < -0.4 is 4.74 Å². The maximum Gasteiger partial charge on any atom is 0.309 e. The molecule has 0 radical (unpaired) electrons. The highest BCUT2D eigenvalue weighted by Crippen LogP contribution is 2.53. The standard InChI is InChI=1S/C20H28O3.C2H6/c1-13-9-14-10-15(18(13)19(21)23-4)12-20(2,11-14)16-5-7-17(22-3)8-6-16;1-2/h5-8,13-15,18H,9-12H2,1-4H3;1-2H3. The van der Waals surface area contributed by atoms with E-state index in [1.165, 1.54) is 25.5 Å². The first-order valence-electron chi connectivity index (χ1n) is 9.69. The van der Waals surface area contributed by atoms with Crippen molar-refractivity contribution in [3.05, 3.63) is 29.8 Å². The number of hydrogen-bond acceptors (Lipinski definition) is 3. The summed E-state index contributed by atoms with van der Waals surface area (Å²) in [6, 6.07) is 8.48. The van der Waals surface area contributed by atoms with Crippen molar-refractivity contribution in [1.29, 1.82) is 0 Å². The van der Waals surface area contributed by atoms with E-state index < -0.39 is 0 Å². The second-order valence-electron chi connectivity index (χ2n) is 7.82. The molecule has 0 aliphatic heterocycles. The molecule has 1 aromatic rings. The zero-order chi connectivity index (χ0) is 18.6. The van der Waals surface area contributed by atoms with Gasteiger partial charge in [-0.2, -0.15) is 0 Å². The van der Waals surface area contributed by atoms with Gasteiger partial charge in [-0.05, 0) is 66.5 Å². The summed E-state index contributed by atoms with van der Waals surface area (Å²) in [5, 5.41) is 0. The summed E-state index contributed by atoms with van der Waals surface area (Å²) in [6.07, 6.45) is 4.60. The summed E-state index contributed by atoms with van der Waals surface area (Å²) >= 11 is 0. The van der Waals surface area contributed by atoms with E-state index in [0.717, 1.165) is 24.5 Å². The van der Waals surface area contributed by atoms with Gasteiger partial charge in [-0.25, -0.2) is 0 Å². The van der Waals surface area contributed by atoms with Crippen molar-refractivity contribution in [2.24, 2.45) is 23.7 Å². The molecule has 25 heavy (non-hydrogen) atoms. The summed E-state index contributed by atoms with van der Waals surface area (Å²) < 4.78 is 10.4. The van der Waals surface area contributed by atoms with E-state index in [1.807, 2.05) is 26.0 Å². The molecular formula is C22H34O3. The molecule has 0 aromatic heterocycles. The number of methoxy groups -OCH3 is 2. The third kappa shape index (κ3) is 4.02. The lowest BCUT2D eigenvalue weighted by molar-refractivity contribution is -0.153. The van der Waals surface area contributed by atoms with Crippen molar-refractivity contribution in [3.63, 3.8) is 0 Å². The van der Waals surface area contributed by atoms with Gasteiger partial charge < -0.3 is 9.47 Å². The molecule has 2 aliphatic rings. The summed E-state index contributed by atoms with van der Waals surface area (Å²) in [5.74, 6) is 2.55. The topological polar surface area (TPSA) is 35.5 Å². The Hall–Kier alpha value is -1.51. The van der Waals surface area contributed by atoms with Crippen molar-refractivity contribution in [3.8, 4) is 5.75 Å². The minimum Gasteiger partial charge on any atom is -0.497 e. The first kappa shape index (κ1) is 19.8. The summed E-state index contributed by atoms with van der Waals surface area (Å²) in [6.45, 7) is 8.58. The quantitative estimate of drug-likeness (QED) is 0.704. The molecule has 1 aromatic carbocycles. The zero-order valence-corrected chi connectivity index (χ0v) is 16.7. The number of rotatable bonds is 3. The smallest absolute Gasteiger partial charge is 0.309 e. The van der Waals surface area contributed by atoms with Gasteiger partial charge in [-0.15, -0.1) is 0 Å². The molecule has 2 aliphatic carbocycles. The van der Waals surface area contributed by atoms with E-state index in [4.69, 9.17) is 9.47 Å². The highest BCUT2D eigenvalue weighted by Gasteiger charge is 2.48. The van der Waals surface area contributed by atoms with Gasteiger partial charge in [0.1, 0.15) is 5.75 Å². The number of carbonyl (C=O) groups is 1. The van der Waals surface area contributed by atoms with Gasteiger partial charge in [-0.3, -0.25) is 4.79 Å². The van der Waals surface area contributed by atoms with E-state index in [-0.39, 0.29) is 17.3 Å². The fraction of sp³-hybridized carbons (Fsp3) is 0.682. The Morgan fingerprint density at radius 1 is 1.08 bits per heavy atom.